The molecule has 0 spiro atoms. The average Bonchev–Trinajstić information content (AvgIpc) is 3.24. The zero-order chi connectivity index (χ0) is 15.4. The molecule has 116 valence electrons. The van der Waals surface area contributed by atoms with Crippen LogP contribution in [0.2, 0.25) is 0 Å². The van der Waals surface area contributed by atoms with Crippen molar-refractivity contribution in [2.24, 2.45) is 0 Å². The van der Waals surface area contributed by atoms with E-state index in [9.17, 15) is 4.79 Å². The minimum atomic E-state index is -0.157. The molecule has 0 atom stereocenters. The highest BCUT2D eigenvalue weighted by Crippen LogP contribution is 2.26. The number of thiophene rings is 1. The number of unbranched alkanes of at least 4 members (excludes halogenated alkanes) is 1. The van der Waals surface area contributed by atoms with Crippen molar-refractivity contribution in [2.75, 3.05) is 0 Å². The third-order valence-electron chi connectivity index (χ3n) is 3.09. The fourth-order valence-corrected chi connectivity index (χ4v) is 3.46. The molecule has 0 aliphatic heterocycles. The zero-order valence-electron chi connectivity index (χ0n) is 12.1. The summed E-state index contributed by atoms with van der Waals surface area (Å²) in [4.78, 5) is 17.2. The fourth-order valence-electron chi connectivity index (χ4n) is 1.95. The summed E-state index contributed by atoms with van der Waals surface area (Å²) in [6.07, 6.45) is 3.65. The van der Waals surface area contributed by atoms with Crippen LogP contribution >= 0.6 is 23.1 Å². The number of H-pyrrole nitrogens is 1. The van der Waals surface area contributed by atoms with Crippen LogP contribution in [0.25, 0.3) is 10.8 Å². The third kappa shape index (κ3) is 3.33. The van der Waals surface area contributed by atoms with Crippen LogP contribution in [-0.2, 0) is 12.3 Å². The van der Waals surface area contributed by atoms with Crippen LogP contribution < -0.4 is 5.69 Å². The van der Waals surface area contributed by atoms with Crippen LogP contribution in [0, 0.1) is 0 Å². The minimum absolute atomic E-state index is 0.157. The van der Waals surface area contributed by atoms with Gasteiger partial charge in [0, 0.05) is 12.3 Å². The Morgan fingerprint density at radius 2 is 2.41 bits per heavy atom. The lowest BCUT2D eigenvalue weighted by atomic mass is 10.3. The lowest BCUT2D eigenvalue weighted by Crippen LogP contribution is -2.17. The van der Waals surface area contributed by atoms with Crippen molar-refractivity contribution in [3.05, 3.63) is 40.0 Å². The van der Waals surface area contributed by atoms with Crippen LogP contribution in [0.1, 0.15) is 25.5 Å². The SMILES string of the molecule is CCCCn1c(SCc2coc(-c3cccs3)n2)n[nH]c1=O. The van der Waals surface area contributed by atoms with Crippen molar-refractivity contribution >= 4 is 23.1 Å². The molecular weight excluding hydrogens is 320 g/mol. The van der Waals surface area contributed by atoms with Gasteiger partial charge in [-0.05, 0) is 17.9 Å². The van der Waals surface area contributed by atoms with Gasteiger partial charge in [0.25, 0.3) is 0 Å². The van der Waals surface area contributed by atoms with E-state index in [4.69, 9.17) is 4.42 Å². The molecule has 0 radical (unpaired) electrons. The van der Waals surface area contributed by atoms with Crippen molar-refractivity contribution in [1.29, 1.82) is 0 Å². The molecule has 0 aromatic carbocycles. The number of thioether (sulfide) groups is 1. The van der Waals surface area contributed by atoms with E-state index in [0.29, 0.717) is 23.3 Å². The maximum atomic E-state index is 11.7. The standard InChI is InChI=1S/C14H16N4O2S2/c1-2-3-6-18-13(19)16-17-14(18)22-9-10-8-20-12(15-10)11-5-4-7-21-11/h4-5,7-8H,2-3,6,9H2,1H3,(H,16,19). The Balaban J connectivity index is 1.67. The molecule has 3 rings (SSSR count). The first-order valence-corrected chi connectivity index (χ1v) is 8.90. The molecule has 0 aliphatic carbocycles. The summed E-state index contributed by atoms with van der Waals surface area (Å²) in [7, 11) is 0. The Hall–Kier alpha value is -1.80. The predicted molar refractivity (Wildman–Crippen MR) is 87.1 cm³/mol. The molecule has 0 unspecified atom stereocenters. The van der Waals surface area contributed by atoms with Crippen LogP contribution in [0.5, 0.6) is 0 Å². The van der Waals surface area contributed by atoms with Gasteiger partial charge in [-0.3, -0.25) is 4.57 Å². The Kier molecular flexibility index (Phi) is 4.79. The predicted octanol–water partition coefficient (Wildman–Crippen LogP) is 3.38. The summed E-state index contributed by atoms with van der Waals surface area (Å²) in [5, 5.41) is 9.26. The molecule has 6 nitrogen and oxygen atoms in total. The van der Waals surface area contributed by atoms with Gasteiger partial charge in [-0.15, -0.1) is 16.4 Å². The largest absolute Gasteiger partial charge is 0.444 e. The van der Waals surface area contributed by atoms with E-state index in [-0.39, 0.29) is 5.69 Å². The van der Waals surface area contributed by atoms with Gasteiger partial charge in [-0.25, -0.2) is 14.9 Å². The lowest BCUT2D eigenvalue weighted by molar-refractivity contribution is 0.572. The Morgan fingerprint density at radius 1 is 1.50 bits per heavy atom. The Morgan fingerprint density at radius 3 is 3.18 bits per heavy atom. The smallest absolute Gasteiger partial charge is 0.343 e. The second kappa shape index (κ2) is 6.97. The maximum absolute atomic E-state index is 11.7. The highest BCUT2D eigenvalue weighted by Gasteiger charge is 2.11. The molecule has 0 saturated carbocycles. The summed E-state index contributed by atoms with van der Waals surface area (Å²) in [5.41, 5.74) is 0.682. The molecule has 0 aliphatic rings. The number of rotatable bonds is 7. The van der Waals surface area contributed by atoms with Gasteiger partial charge in [0.2, 0.25) is 5.89 Å². The molecule has 0 fully saturated rings. The summed E-state index contributed by atoms with van der Waals surface area (Å²) in [6, 6.07) is 3.94. The first kappa shape index (κ1) is 15.1. The van der Waals surface area contributed by atoms with E-state index in [1.807, 2.05) is 17.5 Å². The molecule has 1 N–H and O–H groups in total. The molecule has 3 aromatic rings. The second-order valence-corrected chi connectivity index (χ2v) is 6.62. The maximum Gasteiger partial charge on any atom is 0.343 e. The van der Waals surface area contributed by atoms with Gasteiger partial charge in [0.15, 0.2) is 5.16 Å². The Bertz CT molecular complexity index is 773. The summed E-state index contributed by atoms with van der Waals surface area (Å²) < 4.78 is 7.16. The van der Waals surface area contributed by atoms with E-state index < -0.39 is 0 Å². The monoisotopic (exact) mass is 336 g/mol. The highest BCUT2D eigenvalue weighted by atomic mass is 32.2. The van der Waals surface area contributed by atoms with Crippen LogP contribution in [0.15, 0.2) is 38.1 Å². The molecule has 0 saturated heterocycles. The van der Waals surface area contributed by atoms with Crippen molar-refractivity contribution < 1.29 is 4.42 Å². The lowest BCUT2D eigenvalue weighted by Gasteiger charge is -2.02. The fraction of sp³-hybridized carbons (Fsp3) is 0.357. The summed E-state index contributed by atoms with van der Waals surface area (Å²) in [6.45, 7) is 2.78. The quantitative estimate of drug-likeness (QED) is 0.669. The van der Waals surface area contributed by atoms with Crippen molar-refractivity contribution in [2.45, 2.75) is 37.2 Å². The molecule has 0 bridgehead atoms. The van der Waals surface area contributed by atoms with Crippen LogP contribution in [0.4, 0.5) is 0 Å². The van der Waals surface area contributed by atoms with Gasteiger partial charge >= 0.3 is 5.69 Å². The van der Waals surface area contributed by atoms with E-state index in [0.717, 1.165) is 23.4 Å². The number of aromatic nitrogens is 4. The van der Waals surface area contributed by atoms with Crippen molar-refractivity contribution in [3.63, 3.8) is 0 Å². The van der Waals surface area contributed by atoms with Crippen LogP contribution in [0.3, 0.4) is 0 Å². The number of aromatic amines is 1. The van der Waals surface area contributed by atoms with Gasteiger partial charge in [0.1, 0.15) is 6.26 Å². The number of hydrogen-bond donors (Lipinski definition) is 1. The van der Waals surface area contributed by atoms with E-state index in [1.165, 1.54) is 11.8 Å². The number of nitrogens with zero attached hydrogens (tertiary/aromatic N) is 3. The van der Waals surface area contributed by atoms with Gasteiger partial charge in [-0.2, -0.15) is 0 Å². The first-order chi connectivity index (χ1) is 10.8. The Labute approximate surface area is 135 Å². The molecule has 22 heavy (non-hydrogen) atoms. The van der Waals surface area contributed by atoms with Gasteiger partial charge in [-0.1, -0.05) is 31.2 Å². The summed E-state index contributed by atoms with van der Waals surface area (Å²) in [5.74, 6) is 1.25. The molecule has 8 heteroatoms. The highest BCUT2D eigenvalue weighted by molar-refractivity contribution is 7.98. The van der Waals surface area contributed by atoms with Crippen LogP contribution in [-0.4, -0.2) is 19.7 Å². The van der Waals surface area contributed by atoms with Crippen molar-refractivity contribution in [1.82, 2.24) is 19.7 Å². The number of hydrogen-bond acceptors (Lipinski definition) is 6. The van der Waals surface area contributed by atoms with E-state index >= 15 is 0 Å². The zero-order valence-corrected chi connectivity index (χ0v) is 13.7. The topological polar surface area (TPSA) is 76.7 Å². The number of nitrogens with one attached hydrogen (secondary N) is 1. The second-order valence-electron chi connectivity index (χ2n) is 4.73. The van der Waals surface area contributed by atoms with E-state index in [1.54, 1.807) is 22.2 Å². The van der Waals surface area contributed by atoms with Gasteiger partial charge < -0.3 is 4.42 Å². The number of oxazole rings is 1. The van der Waals surface area contributed by atoms with Crippen molar-refractivity contribution in [3.8, 4) is 10.8 Å². The summed E-state index contributed by atoms with van der Waals surface area (Å²) >= 11 is 3.08. The molecule has 3 heterocycles. The average molecular weight is 336 g/mol. The van der Waals surface area contributed by atoms with Gasteiger partial charge in [0.05, 0.1) is 10.6 Å². The molecule has 3 aromatic heterocycles. The molecule has 0 amide bonds. The normalized spacial score (nSPS) is 11.1. The van der Waals surface area contributed by atoms with E-state index in [2.05, 4.69) is 22.1 Å². The first-order valence-electron chi connectivity index (χ1n) is 7.04. The minimum Gasteiger partial charge on any atom is -0.444 e. The third-order valence-corrected chi connectivity index (χ3v) is 4.96. The molecular formula is C14H16N4O2S2.